The SMILES string of the molecule is CCOC(=O)c1ccc(NC(=O)CSc2n[nH]c([C@H](NC(=O)c3cccc([N+](=O)[O-])c3)C(C)C)n2)cc1. The van der Waals surface area contributed by atoms with Crippen LogP contribution in [0.2, 0.25) is 0 Å². The Hall–Kier alpha value is -4.26. The number of thioether (sulfide) groups is 1. The molecule has 2 aromatic carbocycles. The van der Waals surface area contributed by atoms with Crippen molar-refractivity contribution in [2.45, 2.75) is 32.0 Å². The number of aromatic amines is 1. The van der Waals surface area contributed by atoms with E-state index in [0.717, 1.165) is 11.8 Å². The molecule has 0 aliphatic heterocycles. The minimum absolute atomic E-state index is 0.0311. The smallest absolute Gasteiger partial charge is 0.338 e. The van der Waals surface area contributed by atoms with Crippen LogP contribution >= 0.6 is 11.8 Å². The molecule has 12 nitrogen and oxygen atoms in total. The Labute approximate surface area is 216 Å². The molecule has 3 rings (SSSR count). The Morgan fingerprint density at radius 3 is 2.51 bits per heavy atom. The Morgan fingerprint density at radius 1 is 1.14 bits per heavy atom. The van der Waals surface area contributed by atoms with Gasteiger partial charge >= 0.3 is 5.97 Å². The Kier molecular flexibility index (Phi) is 9.33. The quantitative estimate of drug-likeness (QED) is 0.146. The van der Waals surface area contributed by atoms with Crippen molar-refractivity contribution in [1.29, 1.82) is 0 Å². The molecule has 0 aliphatic carbocycles. The summed E-state index contributed by atoms with van der Waals surface area (Å²) in [6, 6.07) is 11.3. The summed E-state index contributed by atoms with van der Waals surface area (Å²) in [6.07, 6.45) is 0. The van der Waals surface area contributed by atoms with E-state index in [4.69, 9.17) is 4.74 Å². The average Bonchev–Trinajstić information content (AvgIpc) is 3.35. The van der Waals surface area contributed by atoms with Gasteiger partial charge in [0.2, 0.25) is 11.1 Å². The van der Waals surface area contributed by atoms with Crippen LogP contribution in [0.1, 0.15) is 53.4 Å². The summed E-state index contributed by atoms with van der Waals surface area (Å²) in [6.45, 7) is 5.77. The molecule has 0 saturated carbocycles. The van der Waals surface area contributed by atoms with Crippen LogP contribution in [0.25, 0.3) is 0 Å². The zero-order valence-corrected chi connectivity index (χ0v) is 21.2. The third-order valence-corrected chi connectivity index (χ3v) is 5.91. The second kappa shape index (κ2) is 12.6. The van der Waals surface area contributed by atoms with Crippen molar-refractivity contribution < 1.29 is 24.0 Å². The summed E-state index contributed by atoms with van der Waals surface area (Å²) in [5, 5.41) is 23.8. The number of hydrogen-bond acceptors (Lipinski definition) is 9. The van der Waals surface area contributed by atoms with E-state index in [1.54, 1.807) is 31.2 Å². The molecule has 3 aromatic rings. The van der Waals surface area contributed by atoms with Crippen molar-refractivity contribution in [3.8, 4) is 0 Å². The fraction of sp³-hybridized carbons (Fsp3) is 0.292. The van der Waals surface area contributed by atoms with Crippen molar-refractivity contribution in [2.24, 2.45) is 5.92 Å². The van der Waals surface area contributed by atoms with Crippen LogP contribution in [0, 0.1) is 16.0 Å². The number of carbonyl (C=O) groups is 3. The third-order valence-electron chi connectivity index (χ3n) is 5.06. The van der Waals surface area contributed by atoms with Gasteiger partial charge in [-0.1, -0.05) is 31.7 Å². The van der Waals surface area contributed by atoms with E-state index in [0.29, 0.717) is 22.2 Å². The van der Waals surface area contributed by atoms with Gasteiger partial charge in [0.15, 0.2) is 0 Å². The van der Waals surface area contributed by atoms with Crippen LogP contribution in [-0.2, 0) is 9.53 Å². The molecule has 13 heteroatoms. The highest BCUT2D eigenvalue weighted by Gasteiger charge is 2.24. The first-order valence-electron chi connectivity index (χ1n) is 11.3. The van der Waals surface area contributed by atoms with Crippen LogP contribution in [0.5, 0.6) is 0 Å². The second-order valence-electron chi connectivity index (χ2n) is 8.14. The summed E-state index contributed by atoms with van der Waals surface area (Å²) < 4.78 is 4.93. The van der Waals surface area contributed by atoms with Gasteiger partial charge in [0.25, 0.3) is 11.6 Å². The molecule has 0 saturated heterocycles. The standard InChI is InChI=1S/C24H26N6O6S/c1-4-36-23(33)15-8-10-17(11-9-15)25-19(31)13-37-24-27-21(28-29-24)20(14(2)3)26-22(32)16-6-5-7-18(12-16)30(34)35/h5-12,14,20H,4,13H2,1-3H3,(H,25,31)(H,26,32)(H,27,28,29)/t20-/m1/s1. The average molecular weight is 527 g/mol. The number of nitrogens with zero attached hydrogens (tertiary/aromatic N) is 3. The molecule has 0 unspecified atom stereocenters. The molecule has 0 aliphatic rings. The summed E-state index contributed by atoms with van der Waals surface area (Å²) >= 11 is 1.11. The molecular weight excluding hydrogens is 500 g/mol. The van der Waals surface area contributed by atoms with E-state index >= 15 is 0 Å². The van der Waals surface area contributed by atoms with E-state index in [9.17, 15) is 24.5 Å². The molecular formula is C24H26N6O6S. The first kappa shape index (κ1) is 27.3. The first-order chi connectivity index (χ1) is 17.7. The minimum atomic E-state index is -0.564. The van der Waals surface area contributed by atoms with Crippen molar-refractivity contribution in [1.82, 2.24) is 20.5 Å². The van der Waals surface area contributed by atoms with Crippen LogP contribution in [0.3, 0.4) is 0 Å². The zero-order valence-electron chi connectivity index (χ0n) is 20.4. The predicted octanol–water partition coefficient (Wildman–Crippen LogP) is 3.75. The number of aromatic nitrogens is 3. The molecule has 0 spiro atoms. The topological polar surface area (TPSA) is 169 Å². The van der Waals surface area contributed by atoms with E-state index in [2.05, 4.69) is 25.8 Å². The molecule has 37 heavy (non-hydrogen) atoms. The summed E-state index contributed by atoms with van der Waals surface area (Å²) in [7, 11) is 0. The maximum Gasteiger partial charge on any atom is 0.338 e. The second-order valence-corrected chi connectivity index (χ2v) is 9.08. The number of nitro benzene ring substituents is 1. The fourth-order valence-electron chi connectivity index (χ4n) is 3.23. The normalized spacial score (nSPS) is 11.6. The largest absolute Gasteiger partial charge is 0.462 e. The Morgan fingerprint density at radius 2 is 1.86 bits per heavy atom. The van der Waals surface area contributed by atoms with E-state index in [-0.39, 0.29) is 35.4 Å². The van der Waals surface area contributed by atoms with Crippen LogP contribution in [0.4, 0.5) is 11.4 Å². The predicted molar refractivity (Wildman–Crippen MR) is 136 cm³/mol. The highest BCUT2D eigenvalue weighted by Crippen LogP contribution is 2.23. The van der Waals surface area contributed by atoms with Crippen molar-refractivity contribution in [2.75, 3.05) is 17.7 Å². The molecule has 0 fully saturated rings. The van der Waals surface area contributed by atoms with Crippen LogP contribution in [-0.4, -0.2) is 50.2 Å². The molecule has 194 valence electrons. The van der Waals surface area contributed by atoms with Gasteiger partial charge in [-0.2, -0.15) is 0 Å². The van der Waals surface area contributed by atoms with Gasteiger partial charge in [-0.3, -0.25) is 24.8 Å². The molecule has 1 atom stereocenters. The van der Waals surface area contributed by atoms with E-state index in [1.165, 1.54) is 24.3 Å². The number of esters is 1. The number of amides is 2. The van der Waals surface area contributed by atoms with Gasteiger partial charge in [-0.15, -0.1) is 5.10 Å². The fourth-order valence-corrected chi connectivity index (χ4v) is 3.83. The van der Waals surface area contributed by atoms with Crippen LogP contribution in [0.15, 0.2) is 53.7 Å². The lowest BCUT2D eigenvalue weighted by Crippen LogP contribution is -2.32. The zero-order chi connectivity index (χ0) is 26.9. The number of carbonyl (C=O) groups excluding carboxylic acids is 3. The number of H-pyrrole nitrogens is 1. The number of ether oxygens (including phenoxy) is 1. The van der Waals surface area contributed by atoms with Crippen molar-refractivity contribution >= 4 is 40.9 Å². The van der Waals surface area contributed by atoms with Crippen molar-refractivity contribution in [3.63, 3.8) is 0 Å². The summed E-state index contributed by atoms with van der Waals surface area (Å²) in [4.78, 5) is 51.6. The lowest BCUT2D eigenvalue weighted by atomic mass is 10.0. The number of anilines is 1. The molecule has 1 aromatic heterocycles. The maximum absolute atomic E-state index is 12.7. The van der Waals surface area contributed by atoms with E-state index in [1.807, 2.05) is 13.8 Å². The summed E-state index contributed by atoms with van der Waals surface area (Å²) in [5.41, 5.74) is 0.888. The number of non-ortho nitro benzene ring substituents is 1. The highest BCUT2D eigenvalue weighted by molar-refractivity contribution is 7.99. The van der Waals surface area contributed by atoms with Gasteiger partial charge in [0.05, 0.1) is 28.9 Å². The number of nitrogens with one attached hydrogen (secondary N) is 3. The third kappa shape index (κ3) is 7.61. The molecule has 0 bridgehead atoms. The van der Waals surface area contributed by atoms with Gasteiger partial charge < -0.3 is 15.4 Å². The highest BCUT2D eigenvalue weighted by atomic mass is 32.2. The van der Waals surface area contributed by atoms with Gasteiger partial charge in [-0.05, 0) is 43.2 Å². The lowest BCUT2D eigenvalue weighted by Gasteiger charge is -2.19. The molecule has 1 heterocycles. The van der Waals surface area contributed by atoms with Crippen molar-refractivity contribution in [3.05, 3.63) is 75.6 Å². The van der Waals surface area contributed by atoms with E-state index < -0.39 is 22.8 Å². The van der Waals surface area contributed by atoms with Crippen LogP contribution < -0.4 is 10.6 Å². The molecule has 3 N–H and O–H groups in total. The minimum Gasteiger partial charge on any atom is -0.462 e. The van der Waals surface area contributed by atoms with Gasteiger partial charge in [0, 0.05) is 23.4 Å². The Bertz CT molecular complexity index is 1280. The number of rotatable bonds is 11. The number of nitro groups is 1. The number of benzene rings is 2. The monoisotopic (exact) mass is 526 g/mol. The summed E-state index contributed by atoms with van der Waals surface area (Å²) in [5.74, 6) is -0.859. The lowest BCUT2D eigenvalue weighted by molar-refractivity contribution is -0.384. The first-order valence-corrected chi connectivity index (χ1v) is 12.3. The Balaban J connectivity index is 1.57. The molecule has 2 amide bonds. The molecule has 0 radical (unpaired) electrons. The van der Waals surface area contributed by atoms with Gasteiger partial charge in [0.1, 0.15) is 5.82 Å². The number of hydrogen-bond donors (Lipinski definition) is 3. The maximum atomic E-state index is 12.7. The van der Waals surface area contributed by atoms with Gasteiger partial charge in [-0.25, -0.2) is 9.78 Å².